The Kier molecular flexibility index (Phi) is 6.03. The van der Waals surface area contributed by atoms with Gasteiger partial charge in [0.15, 0.2) is 0 Å². The van der Waals surface area contributed by atoms with E-state index in [9.17, 15) is 5.11 Å². The molecule has 29 heavy (non-hydrogen) atoms. The quantitative estimate of drug-likeness (QED) is 0.645. The van der Waals surface area contributed by atoms with Gasteiger partial charge < -0.3 is 15.2 Å². The van der Waals surface area contributed by atoms with Crippen LogP contribution in [0.5, 0.6) is 5.75 Å². The molecule has 6 nitrogen and oxygen atoms in total. The van der Waals surface area contributed by atoms with Crippen molar-refractivity contribution in [1.82, 2.24) is 14.9 Å². The Morgan fingerprint density at radius 2 is 1.90 bits per heavy atom. The van der Waals surface area contributed by atoms with E-state index in [-0.39, 0.29) is 6.10 Å². The Morgan fingerprint density at radius 1 is 1.10 bits per heavy atom. The highest BCUT2D eigenvalue weighted by molar-refractivity contribution is 5.67. The summed E-state index contributed by atoms with van der Waals surface area (Å²) in [5.41, 5.74) is 4.19. The van der Waals surface area contributed by atoms with Gasteiger partial charge in [-0.25, -0.2) is 9.97 Å². The maximum atomic E-state index is 9.65. The maximum absolute atomic E-state index is 9.65. The van der Waals surface area contributed by atoms with Crippen LogP contribution < -0.4 is 10.1 Å². The normalized spacial score (nSPS) is 16.7. The van der Waals surface area contributed by atoms with Crippen LogP contribution in [-0.4, -0.2) is 46.3 Å². The minimum Gasteiger partial charge on any atom is -0.496 e. The predicted octanol–water partition coefficient (Wildman–Crippen LogP) is 3.33. The third kappa shape index (κ3) is 4.91. The second-order valence-corrected chi connectivity index (χ2v) is 7.31. The molecule has 2 N–H and O–H groups in total. The minimum absolute atomic E-state index is 0.176. The Balaban J connectivity index is 1.38. The second kappa shape index (κ2) is 9.03. The topological polar surface area (TPSA) is 70.5 Å². The molecule has 1 aromatic heterocycles. The summed E-state index contributed by atoms with van der Waals surface area (Å²) in [6.07, 6.45) is 2.45. The number of benzene rings is 2. The molecule has 1 fully saturated rings. The molecule has 3 aromatic rings. The van der Waals surface area contributed by atoms with Crippen molar-refractivity contribution in [3.63, 3.8) is 0 Å². The molecule has 150 valence electrons. The zero-order chi connectivity index (χ0) is 20.1. The van der Waals surface area contributed by atoms with Crippen LogP contribution in [0.1, 0.15) is 17.5 Å². The number of rotatable bonds is 7. The molecular formula is C23H26N4O2. The van der Waals surface area contributed by atoms with E-state index in [4.69, 9.17) is 4.74 Å². The van der Waals surface area contributed by atoms with Crippen molar-refractivity contribution in [3.05, 3.63) is 71.9 Å². The van der Waals surface area contributed by atoms with Crippen LogP contribution >= 0.6 is 0 Å². The first-order valence-corrected chi connectivity index (χ1v) is 9.90. The molecule has 1 saturated heterocycles. The summed E-state index contributed by atoms with van der Waals surface area (Å²) in [6.45, 7) is 3.26. The number of hydrogen-bond acceptors (Lipinski definition) is 6. The van der Waals surface area contributed by atoms with Crippen molar-refractivity contribution in [3.8, 4) is 17.0 Å². The van der Waals surface area contributed by atoms with Crippen LogP contribution in [0.15, 0.2) is 60.8 Å². The summed E-state index contributed by atoms with van der Waals surface area (Å²) in [7, 11) is 1.66. The van der Waals surface area contributed by atoms with Crippen molar-refractivity contribution >= 4 is 5.95 Å². The van der Waals surface area contributed by atoms with Gasteiger partial charge in [-0.05, 0) is 35.7 Å². The van der Waals surface area contributed by atoms with Gasteiger partial charge in [0, 0.05) is 37.9 Å². The number of likely N-dealkylation sites (tertiary alicyclic amines) is 1. The van der Waals surface area contributed by atoms with Crippen molar-refractivity contribution in [2.45, 2.75) is 25.6 Å². The van der Waals surface area contributed by atoms with E-state index in [1.54, 1.807) is 13.3 Å². The maximum Gasteiger partial charge on any atom is 0.223 e. The van der Waals surface area contributed by atoms with Gasteiger partial charge in [-0.3, -0.25) is 4.90 Å². The number of aliphatic hydroxyl groups excluding tert-OH is 1. The molecule has 4 rings (SSSR count). The molecule has 1 aliphatic heterocycles. The minimum atomic E-state index is -0.176. The summed E-state index contributed by atoms with van der Waals surface area (Å²) in [4.78, 5) is 11.2. The lowest BCUT2D eigenvalue weighted by Gasteiger charge is -2.15. The first kappa shape index (κ1) is 19.4. The summed E-state index contributed by atoms with van der Waals surface area (Å²) in [5.74, 6) is 1.38. The Morgan fingerprint density at radius 3 is 2.66 bits per heavy atom. The first-order chi connectivity index (χ1) is 14.2. The van der Waals surface area contributed by atoms with E-state index in [2.05, 4.69) is 44.5 Å². The van der Waals surface area contributed by atoms with Crippen LogP contribution in [0.3, 0.4) is 0 Å². The van der Waals surface area contributed by atoms with Crippen molar-refractivity contribution in [1.29, 1.82) is 0 Å². The molecule has 1 aliphatic rings. The van der Waals surface area contributed by atoms with Gasteiger partial charge in [-0.15, -0.1) is 0 Å². The second-order valence-electron chi connectivity index (χ2n) is 7.31. The van der Waals surface area contributed by atoms with E-state index >= 15 is 0 Å². The number of aliphatic hydroxyl groups is 1. The average Bonchev–Trinajstić information content (AvgIpc) is 3.18. The summed E-state index contributed by atoms with van der Waals surface area (Å²) in [5, 5.41) is 13.0. The molecule has 0 saturated carbocycles. The van der Waals surface area contributed by atoms with E-state index in [0.717, 1.165) is 43.1 Å². The van der Waals surface area contributed by atoms with Crippen molar-refractivity contribution in [2.75, 3.05) is 25.5 Å². The van der Waals surface area contributed by atoms with Gasteiger partial charge in [0.05, 0.1) is 18.9 Å². The molecular weight excluding hydrogens is 364 g/mol. The monoisotopic (exact) mass is 390 g/mol. The average molecular weight is 390 g/mol. The number of ether oxygens (including phenoxy) is 1. The standard InChI is InChI=1S/C23H26N4O2/c1-29-22-5-3-2-4-20(22)21-10-12-24-23(26-21)25-14-17-6-8-18(9-7-17)15-27-13-11-19(28)16-27/h2-10,12,19,28H,11,13-16H2,1H3,(H,24,25,26). The van der Waals surface area contributed by atoms with E-state index in [1.807, 2.05) is 30.3 Å². The highest BCUT2D eigenvalue weighted by Crippen LogP contribution is 2.28. The number of aromatic nitrogens is 2. The van der Waals surface area contributed by atoms with Gasteiger partial charge in [0.1, 0.15) is 5.75 Å². The molecule has 0 spiro atoms. The fourth-order valence-corrected chi connectivity index (χ4v) is 3.61. The molecule has 6 heteroatoms. The van der Waals surface area contributed by atoms with Crippen LogP contribution in [0.25, 0.3) is 11.3 Å². The lowest BCUT2D eigenvalue weighted by atomic mass is 10.1. The van der Waals surface area contributed by atoms with Gasteiger partial charge in [-0.1, -0.05) is 36.4 Å². The molecule has 2 heterocycles. The summed E-state index contributed by atoms with van der Waals surface area (Å²) in [6, 6.07) is 18.3. The molecule has 0 amide bonds. The van der Waals surface area contributed by atoms with Gasteiger partial charge in [0.25, 0.3) is 0 Å². The number of hydrogen-bond donors (Lipinski definition) is 2. The molecule has 1 unspecified atom stereocenters. The number of methoxy groups -OCH3 is 1. The third-order valence-electron chi connectivity index (χ3n) is 5.17. The highest BCUT2D eigenvalue weighted by Gasteiger charge is 2.19. The zero-order valence-corrected chi connectivity index (χ0v) is 16.6. The van der Waals surface area contributed by atoms with Gasteiger partial charge in [-0.2, -0.15) is 0 Å². The fourth-order valence-electron chi connectivity index (χ4n) is 3.61. The third-order valence-corrected chi connectivity index (χ3v) is 5.17. The SMILES string of the molecule is COc1ccccc1-c1ccnc(NCc2ccc(CN3CCC(O)C3)cc2)n1. The zero-order valence-electron chi connectivity index (χ0n) is 16.6. The molecule has 2 aromatic carbocycles. The largest absolute Gasteiger partial charge is 0.496 e. The predicted molar refractivity (Wildman–Crippen MR) is 114 cm³/mol. The van der Waals surface area contributed by atoms with E-state index in [0.29, 0.717) is 12.5 Å². The lowest BCUT2D eigenvalue weighted by Crippen LogP contribution is -2.21. The number of β-amino-alcohol motifs (C(OH)–C–C–N with tert-alkyl or cyclic N) is 1. The lowest BCUT2D eigenvalue weighted by molar-refractivity contribution is 0.175. The highest BCUT2D eigenvalue weighted by atomic mass is 16.5. The number of nitrogens with one attached hydrogen (secondary N) is 1. The van der Waals surface area contributed by atoms with E-state index in [1.165, 1.54) is 11.1 Å². The van der Waals surface area contributed by atoms with Crippen LogP contribution in [0.4, 0.5) is 5.95 Å². The Hall–Kier alpha value is -2.96. The number of anilines is 1. The van der Waals surface area contributed by atoms with Gasteiger partial charge in [0.2, 0.25) is 5.95 Å². The van der Waals surface area contributed by atoms with Crippen LogP contribution in [0, 0.1) is 0 Å². The van der Waals surface area contributed by atoms with Crippen molar-refractivity contribution < 1.29 is 9.84 Å². The Bertz CT molecular complexity index is 946. The number of para-hydroxylation sites is 1. The van der Waals surface area contributed by atoms with Crippen LogP contribution in [-0.2, 0) is 13.1 Å². The summed E-state index contributed by atoms with van der Waals surface area (Å²) >= 11 is 0. The van der Waals surface area contributed by atoms with Gasteiger partial charge >= 0.3 is 0 Å². The summed E-state index contributed by atoms with van der Waals surface area (Å²) < 4.78 is 5.44. The smallest absolute Gasteiger partial charge is 0.223 e. The van der Waals surface area contributed by atoms with E-state index < -0.39 is 0 Å². The molecule has 0 aliphatic carbocycles. The molecule has 0 bridgehead atoms. The number of nitrogens with zero attached hydrogens (tertiary/aromatic N) is 3. The fraction of sp³-hybridized carbons (Fsp3) is 0.304. The first-order valence-electron chi connectivity index (χ1n) is 9.90. The molecule has 1 atom stereocenters. The van der Waals surface area contributed by atoms with Crippen LogP contribution in [0.2, 0.25) is 0 Å². The van der Waals surface area contributed by atoms with Crippen molar-refractivity contribution in [2.24, 2.45) is 0 Å². The molecule has 0 radical (unpaired) electrons. The Labute approximate surface area is 171 Å².